The number of pyridine rings is 3. The van der Waals surface area contributed by atoms with Gasteiger partial charge in [-0.05, 0) is 25.2 Å². The number of aromatic nitrogens is 6. The van der Waals surface area contributed by atoms with Gasteiger partial charge in [0.15, 0.2) is 0 Å². The maximum atomic E-state index is 4.65. The van der Waals surface area contributed by atoms with E-state index in [1.165, 1.54) is 11.1 Å². The van der Waals surface area contributed by atoms with Gasteiger partial charge in [0, 0.05) is 62.8 Å². The van der Waals surface area contributed by atoms with Crippen molar-refractivity contribution in [2.24, 2.45) is 0 Å². The summed E-state index contributed by atoms with van der Waals surface area (Å²) in [5.74, 6) is 0. The topological polar surface area (TPSA) is 92.9 Å². The summed E-state index contributed by atoms with van der Waals surface area (Å²) in [5, 5.41) is 9.95. The lowest BCUT2D eigenvalue weighted by atomic mass is 10.1. The van der Waals surface area contributed by atoms with Crippen molar-refractivity contribution >= 4 is 33.2 Å². The van der Waals surface area contributed by atoms with Crippen LogP contribution in [0.15, 0.2) is 49.2 Å². The maximum Gasteiger partial charge on any atom is 0.116 e. The van der Waals surface area contributed by atoms with Gasteiger partial charge in [-0.25, -0.2) is 0 Å². The van der Waals surface area contributed by atoms with Crippen molar-refractivity contribution in [2.45, 2.75) is 0 Å². The fourth-order valence-electron chi connectivity index (χ4n) is 4.56. The fourth-order valence-corrected chi connectivity index (χ4v) is 4.56. The Morgan fingerprint density at radius 2 is 1.68 bits per heavy atom. The lowest BCUT2D eigenvalue weighted by Gasteiger charge is -2.34. The number of likely N-dealkylation sites (N-methyl/N-ethyl adjacent to an activating group) is 1. The molecule has 0 bridgehead atoms. The molecule has 0 unspecified atom stereocenters. The molecule has 172 valence electrons. The number of anilines is 2. The van der Waals surface area contributed by atoms with Crippen molar-refractivity contribution in [3.63, 3.8) is 0 Å². The zero-order valence-electron chi connectivity index (χ0n) is 19.6. The van der Waals surface area contributed by atoms with Gasteiger partial charge in [0.2, 0.25) is 0 Å². The van der Waals surface area contributed by atoms with E-state index in [-0.39, 0.29) is 0 Å². The third-order valence-electron chi connectivity index (χ3n) is 6.61. The molecular weight excluding hydrogens is 426 g/mol. The average molecular weight is 454 g/mol. The molecule has 1 aliphatic heterocycles. The summed E-state index contributed by atoms with van der Waals surface area (Å²) in [5.41, 5.74) is 7.78. The van der Waals surface area contributed by atoms with E-state index in [2.05, 4.69) is 65.2 Å². The summed E-state index contributed by atoms with van der Waals surface area (Å²) in [6, 6.07) is 6.36. The summed E-state index contributed by atoms with van der Waals surface area (Å²) in [6.45, 7) is 4.10. The van der Waals surface area contributed by atoms with Crippen LogP contribution in [0.25, 0.3) is 44.5 Å². The largest absolute Gasteiger partial charge is 0.376 e. The van der Waals surface area contributed by atoms with Crippen molar-refractivity contribution < 1.29 is 0 Å². The van der Waals surface area contributed by atoms with Crippen LogP contribution in [0.2, 0.25) is 0 Å². The Bertz CT molecular complexity index is 1470. The minimum absolute atomic E-state index is 0.863. The second kappa shape index (κ2) is 8.11. The van der Waals surface area contributed by atoms with Crippen LogP contribution in [0.3, 0.4) is 0 Å². The number of nitrogens with zero attached hydrogens (tertiary/aromatic N) is 7. The highest BCUT2D eigenvalue weighted by molar-refractivity contribution is 6.00. The van der Waals surface area contributed by atoms with Crippen LogP contribution in [0, 0.1) is 0 Å². The van der Waals surface area contributed by atoms with Crippen LogP contribution in [0.5, 0.6) is 0 Å². The Labute approximate surface area is 197 Å². The van der Waals surface area contributed by atoms with Gasteiger partial charge in [-0.3, -0.25) is 20.1 Å². The third kappa shape index (κ3) is 3.54. The lowest BCUT2D eigenvalue weighted by Crippen LogP contribution is -2.44. The quantitative estimate of drug-likeness (QED) is 0.431. The van der Waals surface area contributed by atoms with Gasteiger partial charge in [0.05, 0.1) is 58.6 Å². The van der Waals surface area contributed by atoms with E-state index in [0.717, 1.165) is 70.9 Å². The molecule has 34 heavy (non-hydrogen) atoms. The molecular formula is C25H27N9. The molecule has 5 aromatic rings. The number of piperazine rings is 1. The van der Waals surface area contributed by atoms with E-state index in [4.69, 9.17) is 0 Å². The molecule has 0 saturated carbocycles. The summed E-state index contributed by atoms with van der Waals surface area (Å²) >= 11 is 0. The zero-order valence-corrected chi connectivity index (χ0v) is 19.6. The van der Waals surface area contributed by atoms with Gasteiger partial charge in [-0.2, -0.15) is 5.10 Å². The van der Waals surface area contributed by atoms with Crippen molar-refractivity contribution in [1.82, 2.24) is 35.0 Å². The average Bonchev–Trinajstić information content (AvgIpc) is 3.48. The van der Waals surface area contributed by atoms with Crippen LogP contribution in [0.4, 0.5) is 11.4 Å². The smallest absolute Gasteiger partial charge is 0.116 e. The van der Waals surface area contributed by atoms with Crippen molar-refractivity contribution in [2.75, 3.05) is 57.1 Å². The SMILES string of the molecule is CN1CCN(c2cncc3[nH]c(-c4n[nH]c5cnc(-c6cncc(N(C)C)c6)cc45)cc23)CC1. The molecule has 1 saturated heterocycles. The van der Waals surface area contributed by atoms with Crippen molar-refractivity contribution in [3.8, 4) is 22.6 Å². The first kappa shape index (κ1) is 20.6. The van der Waals surface area contributed by atoms with Crippen LogP contribution >= 0.6 is 0 Å². The minimum Gasteiger partial charge on any atom is -0.376 e. The molecule has 0 aromatic carbocycles. The van der Waals surface area contributed by atoms with Gasteiger partial charge in [-0.1, -0.05) is 0 Å². The first-order valence-electron chi connectivity index (χ1n) is 11.4. The third-order valence-corrected chi connectivity index (χ3v) is 6.61. The Balaban J connectivity index is 1.42. The molecule has 0 aliphatic carbocycles. The molecule has 6 rings (SSSR count). The van der Waals surface area contributed by atoms with Crippen LogP contribution in [0.1, 0.15) is 0 Å². The molecule has 6 heterocycles. The predicted molar refractivity (Wildman–Crippen MR) is 136 cm³/mol. The molecule has 0 radical (unpaired) electrons. The van der Waals surface area contributed by atoms with E-state index in [1.54, 1.807) is 0 Å². The van der Waals surface area contributed by atoms with Crippen LogP contribution in [-0.4, -0.2) is 82.4 Å². The normalized spacial score (nSPS) is 14.9. The highest BCUT2D eigenvalue weighted by Crippen LogP contribution is 2.34. The molecule has 0 spiro atoms. The number of H-pyrrole nitrogens is 2. The summed E-state index contributed by atoms with van der Waals surface area (Å²) in [7, 11) is 6.18. The first-order chi connectivity index (χ1) is 16.6. The Morgan fingerprint density at radius 3 is 2.50 bits per heavy atom. The molecule has 2 N–H and O–H groups in total. The summed E-state index contributed by atoms with van der Waals surface area (Å²) in [6.07, 6.45) is 9.39. The number of hydrogen-bond donors (Lipinski definition) is 2. The van der Waals surface area contributed by atoms with E-state index in [0.29, 0.717) is 0 Å². The number of aromatic amines is 2. The van der Waals surface area contributed by atoms with Gasteiger partial charge in [0.1, 0.15) is 5.69 Å². The molecule has 9 nitrogen and oxygen atoms in total. The van der Waals surface area contributed by atoms with E-state index in [9.17, 15) is 0 Å². The molecule has 9 heteroatoms. The van der Waals surface area contributed by atoms with Gasteiger partial charge in [-0.15, -0.1) is 0 Å². The predicted octanol–water partition coefficient (Wildman–Crippen LogP) is 3.38. The summed E-state index contributed by atoms with van der Waals surface area (Å²) in [4.78, 5) is 23.9. The van der Waals surface area contributed by atoms with Crippen molar-refractivity contribution in [1.29, 1.82) is 0 Å². The fraction of sp³-hybridized carbons (Fsp3) is 0.280. The lowest BCUT2D eigenvalue weighted by molar-refractivity contribution is 0.313. The van der Waals surface area contributed by atoms with Gasteiger partial charge >= 0.3 is 0 Å². The highest BCUT2D eigenvalue weighted by atomic mass is 15.3. The Hall–Kier alpha value is -3.98. The molecule has 0 amide bonds. The zero-order chi connectivity index (χ0) is 23.2. The second-order valence-corrected chi connectivity index (χ2v) is 9.11. The van der Waals surface area contributed by atoms with E-state index in [1.807, 2.05) is 50.0 Å². The molecule has 1 fully saturated rings. The first-order valence-corrected chi connectivity index (χ1v) is 11.4. The standard InChI is InChI=1S/C25H27N9/c1-32(2)17-8-16(11-26-12-17)20-10-19-23(14-28-20)30-31-25(19)21-9-18-22(29-21)13-27-15-24(18)34-6-4-33(3)5-7-34/h8-15,29H,4-7H2,1-3H3,(H,30,31). The van der Waals surface area contributed by atoms with Gasteiger partial charge in [0.25, 0.3) is 0 Å². The van der Waals surface area contributed by atoms with E-state index < -0.39 is 0 Å². The monoisotopic (exact) mass is 453 g/mol. The molecule has 5 aromatic heterocycles. The van der Waals surface area contributed by atoms with Crippen molar-refractivity contribution in [3.05, 3.63) is 49.2 Å². The number of rotatable bonds is 4. The molecule has 0 atom stereocenters. The number of hydrogen-bond acceptors (Lipinski definition) is 7. The highest BCUT2D eigenvalue weighted by Gasteiger charge is 2.19. The van der Waals surface area contributed by atoms with E-state index >= 15 is 0 Å². The van der Waals surface area contributed by atoms with Gasteiger partial charge < -0.3 is 19.7 Å². The maximum absolute atomic E-state index is 4.65. The number of fused-ring (bicyclic) bond motifs is 2. The second-order valence-electron chi connectivity index (χ2n) is 9.11. The van der Waals surface area contributed by atoms with Crippen LogP contribution in [-0.2, 0) is 0 Å². The van der Waals surface area contributed by atoms with Crippen LogP contribution < -0.4 is 9.80 Å². The minimum atomic E-state index is 0.863. The molecule has 1 aliphatic rings. The number of nitrogens with one attached hydrogen (secondary N) is 2. The Morgan fingerprint density at radius 1 is 0.853 bits per heavy atom. The Kier molecular flexibility index (Phi) is 4.91. The summed E-state index contributed by atoms with van der Waals surface area (Å²) < 4.78 is 0.